The minimum absolute atomic E-state index is 0.273. The number of piperidine rings is 1. The van der Waals surface area contributed by atoms with Crippen LogP contribution in [0.3, 0.4) is 0 Å². The minimum atomic E-state index is -0.295. The number of benzene rings is 2. The first-order valence-electron chi connectivity index (χ1n) is 12.3. The van der Waals surface area contributed by atoms with Crippen molar-refractivity contribution in [2.24, 2.45) is 11.8 Å². The van der Waals surface area contributed by atoms with Gasteiger partial charge >= 0.3 is 0 Å². The Morgan fingerprint density at radius 2 is 1.62 bits per heavy atom. The second kappa shape index (κ2) is 10.3. The lowest BCUT2D eigenvalue weighted by molar-refractivity contribution is -0.136. The van der Waals surface area contributed by atoms with Crippen LogP contribution in [-0.2, 0) is 9.59 Å². The van der Waals surface area contributed by atoms with E-state index in [-0.39, 0.29) is 11.8 Å². The number of likely N-dealkylation sites (N-methyl/N-ethyl adjacent to an activating group) is 1. The number of imide groups is 1. The first-order valence-corrected chi connectivity index (χ1v) is 12.3. The van der Waals surface area contributed by atoms with E-state index in [9.17, 15) is 9.59 Å². The van der Waals surface area contributed by atoms with Crippen molar-refractivity contribution in [2.75, 3.05) is 36.5 Å². The molecule has 0 radical (unpaired) electrons. The highest BCUT2D eigenvalue weighted by atomic mass is 16.5. The van der Waals surface area contributed by atoms with Crippen LogP contribution in [0.15, 0.2) is 54.2 Å². The third-order valence-corrected chi connectivity index (χ3v) is 6.50. The SMILES string of the molecule is CCN1C(=O)C(Nc2ccc(N3CCC(C)CC3)cc2)=C(c2ccc(OCC(C)C)cc2)C1=O. The van der Waals surface area contributed by atoms with Crippen molar-refractivity contribution in [1.82, 2.24) is 4.90 Å². The second-order valence-electron chi connectivity index (χ2n) is 9.68. The van der Waals surface area contributed by atoms with Gasteiger partial charge in [0.25, 0.3) is 11.8 Å². The number of anilines is 2. The molecule has 0 aromatic heterocycles. The highest BCUT2D eigenvalue weighted by molar-refractivity contribution is 6.36. The number of nitrogens with zero attached hydrogens (tertiary/aromatic N) is 2. The molecule has 2 aliphatic rings. The molecule has 34 heavy (non-hydrogen) atoms. The normalized spacial score (nSPS) is 17.2. The maximum absolute atomic E-state index is 13.1. The summed E-state index contributed by atoms with van der Waals surface area (Å²) in [4.78, 5) is 29.9. The van der Waals surface area contributed by atoms with Crippen LogP contribution in [0.4, 0.5) is 11.4 Å². The smallest absolute Gasteiger partial charge is 0.278 e. The second-order valence-corrected chi connectivity index (χ2v) is 9.68. The summed E-state index contributed by atoms with van der Waals surface area (Å²) >= 11 is 0. The fraction of sp³-hybridized carbons (Fsp3) is 0.429. The molecule has 0 spiro atoms. The molecule has 4 rings (SSSR count). The van der Waals surface area contributed by atoms with Crippen LogP contribution in [0.25, 0.3) is 5.57 Å². The van der Waals surface area contributed by atoms with Gasteiger partial charge in [0.2, 0.25) is 0 Å². The van der Waals surface area contributed by atoms with Crippen molar-refractivity contribution in [3.63, 3.8) is 0 Å². The Bertz CT molecular complexity index is 1050. The zero-order chi connectivity index (χ0) is 24.2. The number of hydrogen-bond donors (Lipinski definition) is 1. The zero-order valence-corrected chi connectivity index (χ0v) is 20.6. The van der Waals surface area contributed by atoms with Crippen LogP contribution in [0.2, 0.25) is 0 Å². The number of nitrogens with one attached hydrogen (secondary N) is 1. The average Bonchev–Trinajstić information content (AvgIpc) is 3.07. The average molecular weight is 462 g/mol. The minimum Gasteiger partial charge on any atom is -0.493 e. The van der Waals surface area contributed by atoms with E-state index in [1.807, 2.05) is 43.3 Å². The van der Waals surface area contributed by atoms with Crippen molar-refractivity contribution in [1.29, 1.82) is 0 Å². The number of rotatable bonds is 8. The molecule has 0 saturated carbocycles. The Morgan fingerprint density at radius 1 is 0.971 bits per heavy atom. The van der Waals surface area contributed by atoms with Gasteiger partial charge in [-0.05, 0) is 73.6 Å². The first-order chi connectivity index (χ1) is 16.4. The number of amides is 2. The highest BCUT2D eigenvalue weighted by Gasteiger charge is 2.38. The Hall–Kier alpha value is -3.28. The lowest BCUT2D eigenvalue weighted by atomic mass is 9.99. The molecule has 2 aliphatic heterocycles. The van der Waals surface area contributed by atoms with Gasteiger partial charge < -0.3 is 15.0 Å². The van der Waals surface area contributed by atoms with Crippen molar-refractivity contribution < 1.29 is 14.3 Å². The summed E-state index contributed by atoms with van der Waals surface area (Å²) in [6.07, 6.45) is 2.42. The van der Waals surface area contributed by atoms with Gasteiger partial charge in [0.15, 0.2) is 0 Å². The molecular weight excluding hydrogens is 426 g/mol. The molecular formula is C28H35N3O3. The molecule has 0 unspecified atom stereocenters. The van der Waals surface area contributed by atoms with Crippen LogP contribution in [0, 0.1) is 11.8 Å². The maximum atomic E-state index is 13.1. The van der Waals surface area contributed by atoms with Gasteiger partial charge in [-0.25, -0.2) is 0 Å². The van der Waals surface area contributed by atoms with E-state index in [0.29, 0.717) is 35.9 Å². The number of carbonyl (C=O) groups excluding carboxylic acids is 2. The van der Waals surface area contributed by atoms with Crippen LogP contribution in [0.1, 0.15) is 46.1 Å². The van der Waals surface area contributed by atoms with Gasteiger partial charge in [0.1, 0.15) is 11.4 Å². The predicted molar refractivity (Wildman–Crippen MR) is 137 cm³/mol. The summed E-state index contributed by atoms with van der Waals surface area (Å²) in [6, 6.07) is 15.5. The Balaban J connectivity index is 1.57. The standard InChI is InChI=1S/C28H35N3O3/c1-5-31-27(32)25(21-6-12-24(13-7-21)34-18-19(2)3)26(28(31)33)29-22-8-10-23(11-9-22)30-16-14-20(4)15-17-30/h6-13,19-20,29H,5,14-18H2,1-4H3. The lowest BCUT2D eigenvalue weighted by Gasteiger charge is -2.32. The predicted octanol–water partition coefficient (Wildman–Crippen LogP) is 5.17. The molecule has 180 valence electrons. The van der Waals surface area contributed by atoms with Crippen LogP contribution >= 0.6 is 0 Å². The van der Waals surface area contributed by atoms with E-state index < -0.39 is 0 Å². The summed E-state index contributed by atoms with van der Waals surface area (Å²) in [5, 5.41) is 3.24. The Labute approximate surface area is 202 Å². The lowest BCUT2D eigenvalue weighted by Crippen LogP contribution is -2.32. The van der Waals surface area contributed by atoms with Crippen molar-refractivity contribution in [3.05, 3.63) is 59.8 Å². The zero-order valence-electron chi connectivity index (χ0n) is 20.6. The number of carbonyl (C=O) groups is 2. The third kappa shape index (κ3) is 5.11. The Kier molecular flexibility index (Phi) is 7.25. The quantitative estimate of drug-likeness (QED) is 0.550. The molecule has 6 heteroatoms. The molecule has 1 N–H and O–H groups in total. The van der Waals surface area contributed by atoms with Crippen molar-refractivity contribution in [2.45, 2.75) is 40.5 Å². The van der Waals surface area contributed by atoms with E-state index in [1.54, 1.807) is 0 Å². The van der Waals surface area contributed by atoms with Gasteiger partial charge in [-0.2, -0.15) is 0 Å². The van der Waals surface area contributed by atoms with Gasteiger partial charge in [0.05, 0.1) is 12.2 Å². The highest BCUT2D eigenvalue weighted by Crippen LogP contribution is 2.32. The van der Waals surface area contributed by atoms with Gasteiger partial charge in [-0.3, -0.25) is 14.5 Å². The summed E-state index contributed by atoms with van der Waals surface area (Å²) in [6.45, 7) is 11.4. The van der Waals surface area contributed by atoms with Crippen LogP contribution < -0.4 is 15.0 Å². The molecule has 2 aromatic carbocycles. The fourth-order valence-corrected chi connectivity index (χ4v) is 4.39. The van der Waals surface area contributed by atoms with E-state index in [4.69, 9.17) is 4.74 Å². The third-order valence-electron chi connectivity index (χ3n) is 6.50. The molecule has 1 fully saturated rings. The molecule has 0 bridgehead atoms. The maximum Gasteiger partial charge on any atom is 0.278 e. The molecule has 2 amide bonds. The monoisotopic (exact) mass is 461 g/mol. The molecule has 2 aromatic rings. The van der Waals surface area contributed by atoms with E-state index in [1.165, 1.54) is 23.4 Å². The largest absolute Gasteiger partial charge is 0.493 e. The molecule has 0 aliphatic carbocycles. The summed E-state index contributed by atoms with van der Waals surface area (Å²) in [5.74, 6) is 1.39. The fourth-order valence-electron chi connectivity index (χ4n) is 4.39. The van der Waals surface area contributed by atoms with E-state index >= 15 is 0 Å². The molecule has 1 saturated heterocycles. The van der Waals surface area contributed by atoms with Crippen molar-refractivity contribution in [3.8, 4) is 5.75 Å². The van der Waals surface area contributed by atoms with Gasteiger partial charge in [0, 0.05) is 31.0 Å². The summed E-state index contributed by atoms with van der Waals surface area (Å²) in [7, 11) is 0. The van der Waals surface area contributed by atoms with Crippen molar-refractivity contribution >= 4 is 28.8 Å². The number of ether oxygens (including phenoxy) is 1. The summed E-state index contributed by atoms with van der Waals surface area (Å²) < 4.78 is 5.77. The van der Waals surface area contributed by atoms with E-state index in [2.05, 4.69) is 43.1 Å². The van der Waals surface area contributed by atoms with E-state index in [0.717, 1.165) is 30.4 Å². The van der Waals surface area contributed by atoms with Gasteiger partial charge in [-0.15, -0.1) is 0 Å². The first kappa shape index (κ1) is 23.9. The topological polar surface area (TPSA) is 61.9 Å². The Morgan fingerprint density at radius 3 is 2.21 bits per heavy atom. The van der Waals surface area contributed by atoms with Crippen LogP contribution in [-0.4, -0.2) is 43.0 Å². The molecule has 6 nitrogen and oxygen atoms in total. The number of hydrogen-bond acceptors (Lipinski definition) is 5. The molecule has 0 atom stereocenters. The van der Waals surface area contributed by atoms with Crippen LogP contribution in [0.5, 0.6) is 5.75 Å². The molecule has 2 heterocycles. The summed E-state index contributed by atoms with van der Waals surface area (Å²) in [5.41, 5.74) is 3.40. The van der Waals surface area contributed by atoms with Gasteiger partial charge in [-0.1, -0.05) is 32.9 Å².